The Hall–Kier alpha value is 9.97. The Morgan fingerprint density at radius 2 is 0.154 bits per heavy atom. The van der Waals surface area contributed by atoms with Gasteiger partial charge in [-0.3, -0.25) is 0 Å². The summed E-state index contributed by atoms with van der Waals surface area (Å²) in [5.41, 5.74) is 0. The largest absolute Gasteiger partial charge is 0 e. The Labute approximate surface area is 295 Å². The molecule has 0 saturated carbocycles. The van der Waals surface area contributed by atoms with Gasteiger partial charge in [0.15, 0.2) is 0 Å². The van der Waals surface area contributed by atoms with Gasteiger partial charge in [-0.2, -0.15) is 0 Å². The molecule has 0 aromatic carbocycles. The van der Waals surface area contributed by atoms with Crippen LogP contribution in [-0.2, 0) is 304 Å². The van der Waals surface area contributed by atoms with Crippen LogP contribution in [0.3, 0.4) is 0 Å². The molecule has 0 rings (SSSR count). The second kappa shape index (κ2) is 97.2. The van der Waals surface area contributed by atoms with E-state index in [9.17, 15) is 0 Å². The molecule has 13 heavy (non-hydrogen) atoms. The van der Waals surface area contributed by atoms with E-state index < -0.39 is 0 Å². The zero-order valence-electron chi connectivity index (χ0n) is 7.16. The molecule has 13 heteroatoms. The Kier molecular flexibility index (Phi) is 833. The molecular weight excluding hydrogens is 1220 g/mol. The Bertz CT molecular complexity index is 12.5. The maximum absolute atomic E-state index is 0. The van der Waals surface area contributed by atoms with E-state index in [2.05, 4.69) is 0 Å². The molecule has 71 valence electrons. The molecule has 5 radical (unpaired) electrons. The molecule has 0 amide bonds. The summed E-state index contributed by atoms with van der Waals surface area (Å²) in [6.45, 7) is 0. The Morgan fingerprint density at radius 1 is 0.154 bits per heavy atom. The monoisotopic (exact) mass is 1230 g/mol. The van der Waals surface area contributed by atoms with Gasteiger partial charge in [-0.1, -0.05) is 0 Å². The van der Waals surface area contributed by atoms with E-state index >= 15 is 0 Å². The molecule has 0 saturated heterocycles. The molecule has 0 aliphatic heterocycles. The van der Waals surface area contributed by atoms with Gasteiger partial charge in [0.25, 0.3) is 0 Å². The van der Waals surface area contributed by atoms with E-state index in [1.165, 1.54) is 0 Å². The molecular formula is Cd8Cu5. The molecule has 0 aliphatic rings. The van der Waals surface area contributed by atoms with Crippen LogP contribution >= 0.6 is 0 Å². The number of hydrogen-bond donors (Lipinski definition) is 0. The fourth-order valence-electron chi connectivity index (χ4n) is 0. The summed E-state index contributed by atoms with van der Waals surface area (Å²) in [7, 11) is 0. The fourth-order valence-corrected chi connectivity index (χ4v) is 0. The van der Waals surface area contributed by atoms with Crippen LogP contribution in [0.4, 0.5) is 0 Å². The van der Waals surface area contributed by atoms with E-state index in [-0.39, 0.29) is 304 Å². The topological polar surface area (TPSA) is 0 Å². The average molecular weight is 1220 g/mol. The van der Waals surface area contributed by atoms with Crippen molar-refractivity contribution in [3.63, 3.8) is 0 Å². The molecule has 0 spiro atoms. The summed E-state index contributed by atoms with van der Waals surface area (Å²) in [4.78, 5) is 0. The zero-order chi connectivity index (χ0) is 0. The first-order valence-corrected chi connectivity index (χ1v) is 0. The standard InChI is InChI=1S/8Cd.5Cu. The van der Waals surface area contributed by atoms with Gasteiger partial charge in [-0.15, -0.1) is 0 Å². The summed E-state index contributed by atoms with van der Waals surface area (Å²) >= 11 is 0. The minimum Gasteiger partial charge on any atom is 0 e. The van der Waals surface area contributed by atoms with Crippen LogP contribution in [0.2, 0.25) is 0 Å². The van der Waals surface area contributed by atoms with Crippen LogP contribution < -0.4 is 0 Å². The van der Waals surface area contributed by atoms with Crippen molar-refractivity contribution in [1.29, 1.82) is 0 Å². The first-order chi connectivity index (χ1) is 0. The van der Waals surface area contributed by atoms with E-state index in [1.807, 2.05) is 0 Å². The summed E-state index contributed by atoms with van der Waals surface area (Å²) in [6.07, 6.45) is 0. The average Bonchev–Trinajstić information content (AvgIpc) is 0. The van der Waals surface area contributed by atoms with Crippen molar-refractivity contribution in [2.45, 2.75) is 0 Å². The quantitative estimate of drug-likeness (QED) is 0.300. The van der Waals surface area contributed by atoms with E-state index in [0.717, 1.165) is 0 Å². The third kappa shape index (κ3) is 88.1. The predicted octanol–water partition coefficient (Wildman–Crippen LogP) is -0.0325. The van der Waals surface area contributed by atoms with E-state index in [1.54, 1.807) is 0 Å². The summed E-state index contributed by atoms with van der Waals surface area (Å²) < 4.78 is 0. The van der Waals surface area contributed by atoms with E-state index in [4.69, 9.17) is 0 Å². The van der Waals surface area contributed by atoms with Crippen molar-refractivity contribution in [3.8, 4) is 0 Å². The van der Waals surface area contributed by atoms with Crippen molar-refractivity contribution >= 4 is 0 Å². The first kappa shape index (κ1) is 112. The van der Waals surface area contributed by atoms with Crippen molar-refractivity contribution in [2.24, 2.45) is 0 Å². The molecule has 0 nitrogen and oxygen atoms in total. The second-order valence-electron chi connectivity index (χ2n) is 0. The van der Waals surface area contributed by atoms with Crippen LogP contribution in [0.15, 0.2) is 0 Å². The SMILES string of the molecule is [Cd].[Cd].[Cd].[Cd].[Cd].[Cd].[Cd].[Cd].[Cu].[Cu].[Cu].[Cu].[Cu]. The maximum Gasteiger partial charge on any atom is 0 e. The van der Waals surface area contributed by atoms with Crippen LogP contribution in [0.5, 0.6) is 0 Å². The van der Waals surface area contributed by atoms with Gasteiger partial charge in [0.2, 0.25) is 0 Å². The summed E-state index contributed by atoms with van der Waals surface area (Å²) in [5.74, 6) is 0. The Balaban J connectivity index is 0. The number of rotatable bonds is 0. The molecule has 0 unspecified atom stereocenters. The van der Waals surface area contributed by atoms with Gasteiger partial charge in [0.1, 0.15) is 0 Å². The third-order valence-electron chi connectivity index (χ3n) is 0. The predicted molar refractivity (Wildman–Crippen MR) is 0 cm³/mol. The first-order valence-electron chi connectivity index (χ1n) is 0. The smallest absolute Gasteiger partial charge is 0 e. The minimum absolute atomic E-state index is 0. The van der Waals surface area contributed by atoms with Gasteiger partial charge in [-0.05, 0) is 0 Å². The molecule has 0 fully saturated rings. The van der Waals surface area contributed by atoms with Gasteiger partial charge < -0.3 is 0 Å². The molecule has 0 aromatic rings. The van der Waals surface area contributed by atoms with Crippen LogP contribution in [0.1, 0.15) is 0 Å². The van der Waals surface area contributed by atoms with Crippen LogP contribution in [-0.4, -0.2) is 0 Å². The van der Waals surface area contributed by atoms with Gasteiger partial charge in [0.05, 0.1) is 0 Å². The molecule has 0 atom stereocenters. The zero-order valence-corrected chi connectivity index (χ0v) is 44.2. The Morgan fingerprint density at radius 3 is 0.154 bits per heavy atom. The van der Waals surface area contributed by atoms with Crippen molar-refractivity contribution in [3.05, 3.63) is 0 Å². The third-order valence-corrected chi connectivity index (χ3v) is 0. The molecule has 0 aliphatic carbocycles. The van der Waals surface area contributed by atoms with E-state index in [0.29, 0.717) is 0 Å². The normalized spacial score (nSPS) is 0. The molecule has 0 bridgehead atoms. The molecule has 0 N–H and O–H groups in total. The maximum atomic E-state index is 0. The molecule has 0 aromatic heterocycles. The summed E-state index contributed by atoms with van der Waals surface area (Å²) in [6, 6.07) is 0. The fraction of sp³-hybridized carbons (Fsp3) is 0. The van der Waals surface area contributed by atoms with Gasteiger partial charge in [0, 0.05) is 304 Å². The van der Waals surface area contributed by atoms with Crippen molar-refractivity contribution in [2.75, 3.05) is 0 Å². The van der Waals surface area contributed by atoms with Crippen LogP contribution in [0, 0.1) is 0 Å². The summed E-state index contributed by atoms with van der Waals surface area (Å²) in [5, 5.41) is 0. The van der Waals surface area contributed by atoms with Crippen LogP contribution in [0.25, 0.3) is 0 Å². The van der Waals surface area contributed by atoms with Crippen molar-refractivity contribution in [1.82, 2.24) is 0 Å². The minimum atomic E-state index is 0. The second-order valence-corrected chi connectivity index (χ2v) is 0. The van der Waals surface area contributed by atoms with Crippen molar-refractivity contribution < 1.29 is 304 Å². The van der Waals surface area contributed by atoms with Gasteiger partial charge in [-0.25, -0.2) is 0 Å². The molecule has 0 heterocycles. The number of hydrogen-bond acceptors (Lipinski definition) is 0. The van der Waals surface area contributed by atoms with Gasteiger partial charge >= 0.3 is 0 Å².